The predicted molar refractivity (Wildman–Crippen MR) is 74.9 cm³/mol. The van der Waals surface area contributed by atoms with Crippen molar-refractivity contribution in [3.05, 3.63) is 35.8 Å². The fraction of sp³-hybridized carbons (Fsp3) is 0.429. The Hall–Kier alpha value is -2.44. The van der Waals surface area contributed by atoms with Crippen LogP contribution in [0.5, 0.6) is 5.88 Å². The molecule has 1 amide bonds. The molecule has 1 unspecified atom stereocenters. The number of carbonyl (C=O) groups is 1. The molecule has 0 aliphatic carbocycles. The third kappa shape index (κ3) is 3.01. The molecule has 1 atom stereocenters. The fourth-order valence-electron chi connectivity index (χ4n) is 2.37. The topological polar surface area (TPSA) is 73.1 Å². The molecule has 1 aliphatic rings. The number of hydrogen-bond acceptors (Lipinski definition) is 5. The number of carbonyl (C=O) groups excluding carboxylic acids is 1. The molecule has 2 aromatic rings. The molecule has 110 valence electrons. The minimum atomic E-state index is -0.105. The smallest absolute Gasteiger partial charge is 0.276 e. The molecule has 0 N–H and O–H groups in total. The van der Waals surface area contributed by atoms with Gasteiger partial charge in [-0.1, -0.05) is 11.3 Å². The normalized spacial score (nSPS) is 18.0. The van der Waals surface area contributed by atoms with Crippen molar-refractivity contribution >= 4 is 5.91 Å². The molecule has 0 saturated carbocycles. The number of aryl methyl sites for hydroxylation is 2. The van der Waals surface area contributed by atoms with E-state index in [0.29, 0.717) is 24.7 Å². The highest BCUT2D eigenvalue weighted by Crippen LogP contribution is 2.18. The lowest BCUT2D eigenvalue weighted by molar-refractivity contribution is 0.0765. The highest BCUT2D eigenvalue weighted by Gasteiger charge is 2.29. The summed E-state index contributed by atoms with van der Waals surface area (Å²) >= 11 is 0. The van der Waals surface area contributed by atoms with E-state index in [4.69, 9.17) is 4.74 Å². The minimum absolute atomic E-state index is 0.0279. The Labute approximate surface area is 122 Å². The summed E-state index contributed by atoms with van der Waals surface area (Å²) in [5.74, 6) is 0.500. The molecular formula is C14H17N5O2. The molecule has 1 aliphatic heterocycles. The lowest BCUT2D eigenvalue weighted by atomic mass is 10.3. The van der Waals surface area contributed by atoms with E-state index >= 15 is 0 Å². The molecular weight excluding hydrogens is 270 g/mol. The Morgan fingerprint density at radius 1 is 1.43 bits per heavy atom. The van der Waals surface area contributed by atoms with Gasteiger partial charge in [0.05, 0.1) is 12.7 Å². The zero-order valence-corrected chi connectivity index (χ0v) is 12.1. The SMILES string of the molecule is Cc1cccc(OC2CCN(C(=O)c3cn(C)nn3)C2)n1. The third-order valence-electron chi connectivity index (χ3n) is 3.40. The molecule has 0 aromatic carbocycles. The van der Waals surface area contributed by atoms with E-state index in [1.54, 1.807) is 18.1 Å². The molecule has 0 radical (unpaired) electrons. The number of aromatic nitrogens is 4. The molecule has 7 heteroatoms. The van der Waals surface area contributed by atoms with Crippen LogP contribution < -0.4 is 4.74 Å². The van der Waals surface area contributed by atoms with Crippen LogP contribution >= 0.6 is 0 Å². The Balaban J connectivity index is 1.61. The van der Waals surface area contributed by atoms with Crippen LogP contribution in [0, 0.1) is 6.92 Å². The third-order valence-corrected chi connectivity index (χ3v) is 3.40. The second-order valence-electron chi connectivity index (χ2n) is 5.17. The summed E-state index contributed by atoms with van der Waals surface area (Å²) in [7, 11) is 1.74. The number of nitrogens with zero attached hydrogens (tertiary/aromatic N) is 5. The van der Waals surface area contributed by atoms with E-state index in [1.807, 2.05) is 25.1 Å². The van der Waals surface area contributed by atoms with Crippen LogP contribution in [0.4, 0.5) is 0 Å². The van der Waals surface area contributed by atoms with Gasteiger partial charge >= 0.3 is 0 Å². The number of hydrogen-bond donors (Lipinski definition) is 0. The first-order chi connectivity index (χ1) is 10.1. The number of amides is 1. The van der Waals surface area contributed by atoms with Gasteiger partial charge in [0.15, 0.2) is 5.69 Å². The Kier molecular flexibility index (Phi) is 3.55. The Morgan fingerprint density at radius 2 is 2.29 bits per heavy atom. The van der Waals surface area contributed by atoms with Crippen molar-refractivity contribution in [2.24, 2.45) is 7.05 Å². The van der Waals surface area contributed by atoms with Crippen molar-refractivity contribution in [2.45, 2.75) is 19.4 Å². The summed E-state index contributed by atoms with van der Waals surface area (Å²) < 4.78 is 7.35. The average Bonchev–Trinajstić information content (AvgIpc) is 3.07. The standard InChI is InChI=1S/C14H17N5O2/c1-10-4-3-5-13(15-10)21-11-6-7-19(8-11)14(20)12-9-18(2)17-16-12/h3-5,9,11H,6-8H2,1-2H3. The predicted octanol–water partition coefficient (Wildman–Crippen LogP) is 0.812. The van der Waals surface area contributed by atoms with Crippen LogP contribution in [-0.2, 0) is 7.05 Å². The molecule has 1 fully saturated rings. The molecule has 3 heterocycles. The van der Waals surface area contributed by atoms with Gasteiger partial charge in [-0.15, -0.1) is 5.10 Å². The Bertz CT molecular complexity index is 654. The van der Waals surface area contributed by atoms with Crippen LogP contribution in [0.2, 0.25) is 0 Å². The highest BCUT2D eigenvalue weighted by molar-refractivity contribution is 5.92. The quantitative estimate of drug-likeness (QED) is 0.835. The van der Waals surface area contributed by atoms with Gasteiger partial charge in [0.1, 0.15) is 6.10 Å². The summed E-state index contributed by atoms with van der Waals surface area (Å²) in [5, 5.41) is 7.63. The minimum Gasteiger partial charge on any atom is -0.472 e. The van der Waals surface area contributed by atoms with Crippen LogP contribution in [0.3, 0.4) is 0 Å². The summed E-state index contributed by atoms with van der Waals surface area (Å²) in [6.07, 6.45) is 2.39. The molecule has 1 saturated heterocycles. The van der Waals surface area contributed by atoms with Gasteiger partial charge in [0.2, 0.25) is 5.88 Å². The largest absolute Gasteiger partial charge is 0.472 e. The summed E-state index contributed by atoms with van der Waals surface area (Å²) in [6, 6.07) is 5.67. The van der Waals surface area contributed by atoms with Crippen LogP contribution in [0.25, 0.3) is 0 Å². The van der Waals surface area contributed by atoms with Crippen molar-refractivity contribution in [2.75, 3.05) is 13.1 Å². The van der Waals surface area contributed by atoms with Gasteiger partial charge in [-0.05, 0) is 13.0 Å². The van der Waals surface area contributed by atoms with Gasteiger partial charge in [-0.2, -0.15) is 0 Å². The van der Waals surface area contributed by atoms with Crippen LogP contribution in [0.15, 0.2) is 24.4 Å². The Morgan fingerprint density at radius 3 is 3.00 bits per heavy atom. The second-order valence-corrected chi connectivity index (χ2v) is 5.17. The molecule has 0 bridgehead atoms. The fourth-order valence-corrected chi connectivity index (χ4v) is 2.37. The molecule has 3 rings (SSSR count). The van der Waals surface area contributed by atoms with E-state index in [9.17, 15) is 4.79 Å². The van der Waals surface area contributed by atoms with Gasteiger partial charge in [0.25, 0.3) is 5.91 Å². The van der Waals surface area contributed by atoms with E-state index < -0.39 is 0 Å². The maximum absolute atomic E-state index is 12.3. The average molecular weight is 287 g/mol. The summed E-state index contributed by atoms with van der Waals surface area (Å²) in [4.78, 5) is 18.3. The molecule has 21 heavy (non-hydrogen) atoms. The zero-order valence-electron chi connectivity index (χ0n) is 12.1. The van der Waals surface area contributed by atoms with Gasteiger partial charge in [-0.25, -0.2) is 4.98 Å². The second kappa shape index (κ2) is 5.51. The first-order valence-corrected chi connectivity index (χ1v) is 6.88. The number of rotatable bonds is 3. The van der Waals surface area contributed by atoms with Crippen molar-refractivity contribution in [3.63, 3.8) is 0 Å². The number of likely N-dealkylation sites (tertiary alicyclic amines) is 1. The lowest BCUT2D eigenvalue weighted by Gasteiger charge is -2.15. The monoisotopic (exact) mass is 287 g/mol. The zero-order chi connectivity index (χ0) is 14.8. The summed E-state index contributed by atoms with van der Waals surface area (Å²) in [6.45, 7) is 3.13. The van der Waals surface area contributed by atoms with Crippen molar-refractivity contribution in [1.82, 2.24) is 24.9 Å². The van der Waals surface area contributed by atoms with E-state index in [1.165, 1.54) is 4.68 Å². The maximum atomic E-state index is 12.3. The molecule has 7 nitrogen and oxygen atoms in total. The lowest BCUT2D eigenvalue weighted by Crippen LogP contribution is -2.31. The van der Waals surface area contributed by atoms with Crippen LogP contribution in [-0.4, -0.2) is 50.0 Å². The van der Waals surface area contributed by atoms with Gasteiger partial charge < -0.3 is 9.64 Å². The first kappa shape index (κ1) is 13.5. The van der Waals surface area contributed by atoms with E-state index in [0.717, 1.165) is 12.1 Å². The highest BCUT2D eigenvalue weighted by atomic mass is 16.5. The molecule has 0 spiro atoms. The van der Waals surface area contributed by atoms with Gasteiger partial charge in [0, 0.05) is 31.8 Å². The number of pyridine rings is 1. The maximum Gasteiger partial charge on any atom is 0.276 e. The van der Waals surface area contributed by atoms with E-state index in [2.05, 4.69) is 15.3 Å². The van der Waals surface area contributed by atoms with Crippen molar-refractivity contribution in [1.29, 1.82) is 0 Å². The first-order valence-electron chi connectivity index (χ1n) is 6.88. The van der Waals surface area contributed by atoms with Gasteiger partial charge in [-0.3, -0.25) is 9.48 Å². The molecule has 2 aromatic heterocycles. The van der Waals surface area contributed by atoms with Crippen molar-refractivity contribution in [3.8, 4) is 5.88 Å². The van der Waals surface area contributed by atoms with E-state index in [-0.39, 0.29) is 12.0 Å². The summed E-state index contributed by atoms with van der Waals surface area (Å²) in [5.41, 5.74) is 1.28. The van der Waals surface area contributed by atoms with Crippen molar-refractivity contribution < 1.29 is 9.53 Å². The van der Waals surface area contributed by atoms with Crippen LogP contribution in [0.1, 0.15) is 22.6 Å². The number of ether oxygens (including phenoxy) is 1.